The number of ether oxygens (including phenoxy) is 3. The first-order valence-electron chi connectivity index (χ1n) is 13.1. The third kappa shape index (κ3) is 6.67. The van der Waals surface area contributed by atoms with E-state index >= 15 is 0 Å². The SMILES string of the molecule is N=C(N)N1CCc2ccc(OC(=O)c3ccc(OC4CCN(C(=O)OCc5ccccc5)CC4)cc3)cc2C1. The van der Waals surface area contributed by atoms with E-state index in [1.807, 2.05) is 42.5 Å². The zero-order valence-corrected chi connectivity index (χ0v) is 21.7. The zero-order chi connectivity index (χ0) is 27.2. The molecule has 5 rings (SSSR count). The molecular weight excluding hydrogens is 496 g/mol. The summed E-state index contributed by atoms with van der Waals surface area (Å²) in [5.74, 6) is 0.702. The summed E-state index contributed by atoms with van der Waals surface area (Å²) in [5, 5.41) is 7.66. The Morgan fingerprint density at radius 1 is 0.872 bits per heavy atom. The van der Waals surface area contributed by atoms with Gasteiger partial charge >= 0.3 is 12.1 Å². The van der Waals surface area contributed by atoms with Gasteiger partial charge in [0.15, 0.2) is 5.96 Å². The molecule has 3 aromatic rings. The molecule has 0 atom stereocenters. The van der Waals surface area contributed by atoms with Crippen LogP contribution in [0, 0.1) is 5.41 Å². The maximum absolute atomic E-state index is 12.7. The quantitative estimate of drug-likeness (QED) is 0.212. The molecule has 0 radical (unpaired) electrons. The van der Waals surface area contributed by atoms with Crippen molar-refractivity contribution in [3.8, 4) is 11.5 Å². The fourth-order valence-electron chi connectivity index (χ4n) is 4.80. The molecule has 0 unspecified atom stereocenters. The highest BCUT2D eigenvalue weighted by atomic mass is 16.6. The number of nitrogens with two attached hydrogens (primary N) is 1. The molecule has 2 aliphatic rings. The number of hydrogen-bond acceptors (Lipinski definition) is 6. The molecule has 202 valence electrons. The third-order valence-corrected chi connectivity index (χ3v) is 7.04. The Bertz CT molecular complexity index is 1320. The maximum Gasteiger partial charge on any atom is 0.410 e. The first kappa shape index (κ1) is 26.1. The molecule has 9 nitrogen and oxygen atoms in total. The van der Waals surface area contributed by atoms with Crippen molar-refractivity contribution in [2.24, 2.45) is 5.73 Å². The van der Waals surface area contributed by atoms with Crippen molar-refractivity contribution in [3.63, 3.8) is 0 Å². The van der Waals surface area contributed by atoms with Gasteiger partial charge in [-0.1, -0.05) is 36.4 Å². The van der Waals surface area contributed by atoms with Crippen molar-refractivity contribution in [1.29, 1.82) is 5.41 Å². The van der Waals surface area contributed by atoms with Gasteiger partial charge in [0.2, 0.25) is 0 Å². The van der Waals surface area contributed by atoms with Crippen molar-refractivity contribution in [2.75, 3.05) is 19.6 Å². The van der Waals surface area contributed by atoms with Crippen molar-refractivity contribution in [2.45, 2.75) is 38.5 Å². The summed E-state index contributed by atoms with van der Waals surface area (Å²) in [7, 11) is 0. The molecule has 0 bridgehead atoms. The summed E-state index contributed by atoms with van der Waals surface area (Å²) in [6.07, 6.45) is 1.86. The van der Waals surface area contributed by atoms with Crippen LogP contribution in [0.1, 0.15) is 39.9 Å². The second kappa shape index (κ2) is 11.9. The summed E-state index contributed by atoms with van der Waals surface area (Å²) in [6.45, 7) is 2.61. The number of nitrogens with zero attached hydrogens (tertiary/aromatic N) is 2. The van der Waals surface area contributed by atoms with E-state index in [2.05, 4.69) is 0 Å². The summed E-state index contributed by atoms with van der Waals surface area (Å²) in [4.78, 5) is 28.6. The minimum Gasteiger partial charge on any atom is -0.490 e. The number of rotatable bonds is 6. The largest absolute Gasteiger partial charge is 0.490 e. The second-order valence-corrected chi connectivity index (χ2v) is 9.75. The average Bonchev–Trinajstić information content (AvgIpc) is 2.96. The molecule has 0 spiro atoms. The van der Waals surface area contributed by atoms with Gasteiger partial charge < -0.3 is 29.7 Å². The minimum atomic E-state index is -0.456. The molecule has 0 aromatic heterocycles. The number of carbonyl (C=O) groups excluding carboxylic acids is 2. The molecule has 1 saturated heterocycles. The highest BCUT2D eigenvalue weighted by Crippen LogP contribution is 2.25. The summed E-state index contributed by atoms with van der Waals surface area (Å²) < 4.78 is 17.1. The van der Waals surface area contributed by atoms with Crippen LogP contribution in [0.3, 0.4) is 0 Å². The molecule has 9 heteroatoms. The first-order valence-corrected chi connectivity index (χ1v) is 13.1. The Hall–Kier alpha value is -4.53. The van der Waals surface area contributed by atoms with E-state index in [1.165, 1.54) is 5.56 Å². The van der Waals surface area contributed by atoms with Gasteiger partial charge in [-0.3, -0.25) is 5.41 Å². The Kier molecular flexibility index (Phi) is 7.96. The van der Waals surface area contributed by atoms with Gasteiger partial charge in [-0.05, 0) is 59.5 Å². The van der Waals surface area contributed by atoms with Gasteiger partial charge in [0.05, 0.1) is 5.56 Å². The normalized spacial score (nSPS) is 15.3. The summed E-state index contributed by atoms with van der Waals surface area (Å²) >= 11 is 0. The Morgan fingerprint density at radius 2 is 1.59 bits per heavy atom. The number of guanidine groups is 1. The van der Waals surface area contributed by atoms with E-state index in [0.717, 1.165) is 17.5 Å². The number of likely N-dealkylation sites (tertiary alicyclic amines) is 1. The number of fused-ring (bicyclic) bond motifs is 1. The number of carbonyl (C=O) groups is 2. The van der Waals surface area contributed by atoms with Gasteiger partial charge in [0.1, 0.15) is 24.2 Å². The van der Waals surface area contributed by atoms with Gasteiger partial charge in [-0.15, -0.1) is 0 Å². The summed E-state index contributed by atoms with van der Waals surface area (Å²) in [6, 6.07) is 22.1. The van der Waals surface area contributed by atoms with Crippen molar-refractivity contribution < 1.29 is 23.8 Å². The number of hydrogen-bond donors (Lipinski definition) is 2. The van der Waals surface area contributed by atoms with Crippen LogP contribution >= 0.6 is 0 Å². The van der Waals surface area contributed by atoms with Crippen molar-refractivity contribution >= 4 is 18.0 Å². The van der Waals surface area contributed by atoms with Crippen LogP contribution in [0.4, 0.5) is 4.79 Å². The third-order valence-electron chi connectivity index (χ3n) is 7.04. The van der Waals surface area contributed by atoms with Gasteiger partial charge in [0, 0.05) is 39.0 Å². The number of piperidine rings is 1. The van der Waals surface area contributed by atoms with E-state index in [9.17, 15) is 9.59 Å². The fraction of sp³-hybridized carbons (Fsp3) is 0.300. The van der Waals surface area contributed by atoms with Crippen LogP contribution in [0.25, 0.3) is 0 Å². The van der Waals surface area contributed by atoms with Crippen molar-refractivity contribution in [1.82, 2.24) is 9.80 Å². The maximum atomic E-state index is 12.7. The van der Waals surface area contributed by atoms with Crippen LogP contribution in [0.5, 0.6) is 11.5 Å². The average molecular weight is 529 g/mol. The lowest BCUT2D eigenvalue weighted by Crippen LogP contribution is -2.42. The molecule has 1 amide bonds. The zero-order valence-electron chi connectivity index (χ0n) is 21.7. The number of benzene rings is 3. The lowest BCUT2D eigenvalue weighted by molar-refractivity contribution is 0.0638. The number of amides is 1. The van der Waals surface area contributed by atoms with Crippen LogP contribution in [-0.4, -0.2) is 53.6 Å². The van der Waals surface area contributed by atoms with E-state index in [-0.39, 0.29) is 24.8 Å². The molecule has 1 fully saturated rings. The standard InChI is InChI=1S/C30H32N4O5/c31-29(32)34-15-12-22-6-11-27(18-24(22)19-34)39-28(35)23-7-9-25(10-8-23)38-26-13-16-33(17-14-26)30(36)37-20-21-4-2-1-3-5-21/h1-11,18,26H,12-17,19-20H2,(H3,31,32). The smallest absolute Gasteiger partial charge is 0.410 e. The predicted molar refractivity (Wildman–Crippen MR) is 146 cm³/mol. The highest BCUT2D eigenvalue weighted by molar-refractivity contribution is 5.91. The van der Waals surface area contributed by atoms with Gasteiger partial charge in [-0.2, -0.15) is 0 Å². The van der Waals surface area contributed by atoms with Gasteiger partial charge in [-0.25, -0.2) is 9.59 Å². The van der Waals surface area contributed by atoms with E-state index in [4.69, 9.17) is 25.4 Å². The second-order valence-electron chi connectivity index (χ2n) is 9.75. The number of esters is 1. The predicted octanol–water partition coefficient (Wildman–Crippen LogP) is 4.34. The van der Waals surface area contributed by atoms with Crippen molar-refractivity contribution in [3.05, 3.63) is 95.1 Å². The fourth-order valence-corrected chi connectivity index (χ4v) is 4.80. The van der Waals surface area contributed by atoms with E-state index in [1.54, 1.807) is 40.1 Å². The molecule has 2 heterocycles. The van der Waals surface area contributed by atoms with Crippen LogP contribution in [0.15, 0.2) is 72.8 Å². The van der Waals surface area contributed by atoms with Crippen LogP contribution in [0.2, 0.25) is 0 Å². The molecular formula is C30H32N4O5. The minimum absolute atomic E-state index is 0.0222. The molecule has 0 saturated carbocycles. The van der Waals surface area contributed by atoms with Gasteiger partial charge in [0.25, 0.3) is 0 Å². The monoisotopic (exact) mass is 528 g/mol. The van der Waals surface area contributed by atoms with E-state index < -0.39 is 5.97 Å². The van der Waals surface area contributed by atoms with Crippen LogP contribution in [-0.2, 0) is 24.3 Å². The Balaban J connectivity index is 1.09. The Morgan fingerprint density at radius 3 is 2.31 bits per heavy atom. The lowest BCUT2D eigenvalue weighted by atomic mass is 10.00. The highest BCUT2D eigenvalue weighted by Gasteiger charge is 2.25. The van der Waals surface area contributed by atoms with E-state index in [0.29, 0.717) is 56.1 Å². The molecule has 3 N–H and O–H groups in total. The number of nitrogens with one attached hydrogen (secondary N) is 1. The molecule has 2 aliphatic heterocycles. The Labute approximate surface area is 227 Å². The van der Waals surface area contributed by atoms with Crippen LogP contribution < -0.4 is 15.2 Å². The topological polar surface area (TPSA) is 118 Å². The lowest BCUT2D eigenvalue weighted by Gasteiger charge is -2.31. The molecule has 3 aromatic carbocycles. The summed E-state index contributed by atoms with van der Waals surface area (Å²) in [5.41, 5.74) is 9.18. The molecule has 39 heavy (non-hydrogen) atoms. The first-order chi connectivity index (χ1) is 18.9. The molecule has 0 aliphatic carbocycles.